The third-order valence-electron chi connectivity index (χ3n) is 5.08. The van der Waals surface area contributed by atoms with E-state index in [2.05, 4.69) is 39.5 Å². The molecule has 2 rings (SSSR count). The molecule has 2 nitrogen and oxygen atoms in total. The summed E-state index contributed by atoms with van der Waals surface area (Å²) in [6, 6.07) is 0.593. The number of likely N-dealkylation sites (tertiary alicyclic amines) is 1. The second-order valence-electron chi connectivity index (χ2n) is 8.39. The molecule has 2 fully saturated rings. The summed E-state index contributed by atoms with van der Waals surface area (Å²) in [5, 5.41) is 10.0. The quantitative estimate of drug-likeness (QED) is 0.775. The molecule has 0 spiro atoms. The molecule has 1 saturated carbocycles. The van der Waals surface area contributed by atoms with Crippen molar-refractivity contribution in [3.8, 4) is 0 Å². The highest BCUT2D eigenvalue weighted by atomic mass is 16.3. The first-order valence-electron chi connectivity index (χ1n) is 7.61. The second kappa shape index (κ2) is 4.79. The van der Waals surface area contributed by atoms with Gasteiger partial charge in [-0.1, -0.05) is 34.6 Å². The van der Waals surface area contributed by atoms with Crippen molar-refractivity contribution < 1.29 is 5.11 Å². The Kier molecular flexibility index (Phi) is 3.81. The van der Waals surface area contributed by atoms with Gasteiger partial charge >= 0.3 is 0 Å². The standard InChI is InChI=1S/C16H31NO/c1-15(2,3)13-7-6-12(18)10-14(13)17-9-8-16(4,5)11-17/h12-14,18H,6-11H2,1-5H3. The van der Waals surface area contributed by atoms with E-state index in [1.165, 1.54) is 25.9 Å². The lowest BCUT2D eigenvalue weighted by Gasteiger charge is -2.46. The molecule has 0 bridgehead atoms. The van der Waals surface area contributed by atoms with E-state index in [4.69, 9.17) is 0 Å². The van der Waals surface area contributed by atoms with Gasteiger partial charge < -0.3 is 5.11 Å². The molecule has 2 heteroatoms. The van der Waals surface area contributed by atoms with Crippen LogP contribution in [0.3, 0.4) is 0 Å². The van der Waals surface area contributed by atoms with E-state index in [9.17, 15) is 5.11 Å². The van der Waals surface area contributed by atoms with Gasteiger partial charge in [-0.25, -0.2) is 0 Å². The van der Waals surface area contributed by atoms with Crippen molar-refractivity contribution in [2.24, 2.45) is 16.7 Å². The Hall–Kier alpha value is -0.0800. The number of aliphatic hydroxyl groups is 1. The molecule has 0 aromatic rings. The van der Waals surface area contributed by atoms with Crippen LogP contribution in [0.15, 0.2) is 0 Å². The summed E-state index contributed by atoms with van der Waals surface area (Å²) in [7, 11) is 0. The van der Waals surface area contributed by atoms with Gasteiger partial charge in [-0.2, -0.15) is 0 Å². The van der Waals surface area contributed by atoms with Gasteiger partial charge in [-0.05, 0) is 49.0 Å². The molecular formula is C16H31NO. The maximum absolute atomic E-state index is 10.0. The van der Waals surface area contributed by atoms with Gasteiger partial charge in [0.1, 0.15) is 0 Å². The molecule has 1 aliphatic carbocycles. The molecular weight excluding hydrogens is 222 g/mol. The van der Waals surface area contributed by atoms with Crippen LogP contribution in [0.25, 0.3) is 0 Å². The van der Waals surface area contributed by atoms with Crippen LogP contribution in [0.1, 0.15) is 60.3 Å². The first-order chi connectivity index (χ1) is 8.19. The average molecular weight is 253 g/mol. The lowest BCUT2D eigenvalue weighted by Crippen LogP contribution is -2.49. The molecule has 1 heterocycles. The van der Waals surface area contributed by atoms with E-state index in [1.807, 2.05) is 0 Å². The molecule has 0 aromatic carbocycles. The predicted octanol–water partition coefficient (Wildman–Crippen LogP) is 3.29. The number of hydrogen-bond acceptors (Lipinski definition) is 2. The van der Waals surface area contributed by atoms with Crippen LogP contribution in [-0.2, 0) is 0 Å². The highest BCUT2D eigenvalue weighted by Crippen LogP contribution is 2.43. The van der Waals surface area contributed by atoms with Gasteiger partial charge in [0, 0.05) is 12.6 Å². The Labute approximate surface area is 113 Å². The van der Waals surface area contributed by atoms with Crippen LogP contribution >= 0.6 is 0 Å². The zero-order chi connectivity index (χ0) is 13.6. The summed E-state index contributed by atoms with van der Waals surface area (Å²) in [5.74, 6) is 0.731. The fourth-order valence-corrected chi connectivity index (χ4v) is 3.98. The Bertz CT molecular complexity index is 292. The summed E-state index contributed by atoms with van der Waals surface area (Å²) in [5.41, 5.74) is 0.822. The molecule has 0 aromatic heterocycles. The van der Waals surface area contributed by atoms with Gasteiger partial charge in [-0.15, -0.1) is 0 Å². The maximum Gasteiger partial charge on any atom is 0.0555 e. The largest absolute Gasteiger partial charge is 0.393 e. The molecule has 2 aliphatic rings. The lowest BCUT2D eigenvalue weighted by atomic mass is 9.68. The van der Waals surface area contributed by atoms with Crippen molar-refractivity contribution in [3.63, 3.8) is 0 Å². The summed E-state index contributed by atoms with van der Waals surface area (Å²) in [6.45, 7) is 14.3. The van der Waals surface area contributed by atoms with Crippen LogP contribution in [0.2, 0.25) is 0 Å². The Morgan fingerprint density at radius 3 is 2.33 bits per heavy atom. The normalized spacial score (nSPS) is 38.0. The smallest absolute Gasteiger partial charge is 0.0555 e. The minimum Gasteiger partial charge on any atom is -0.393 e. The molecule has 18 heavy (non-hydrogen) atoms. The fourth-order valence-electron chi connectivity index (χ4n) is 3.98. The number of rotatable bonds is 1. The van der Waals surface area contributed by atoms with E-state index in [0.29, 0.717) is 16.9 Å². The van der Waals surface area contributed by atoms with E-state index in [0.717, 1.165) is 18.8 Å². The molecule has 0 radical (unpaired) electrons. The van der Waals surface area contributed by atoms with Gasteiger partial charge in [0.2, 0.25) is 0 Å². The minimum atomic E-state index is -0.0719. The van der Waals surface area contributed by atoms with E-state index in [-0.39, 0.29) is 6.10 Å². The van der Waals surface area contributed by atoms with Crippen LogP contribution in [-0.4, -0.2) is 35.2 Å². The maximum atomic E-state index is 10.0. The van der Waals surface area contributed by atoms with Gasteiger partial charge in [0.15, 0.2) is 0 Å². The summed E-state index contributed by atoms with van der Waals surface area (Å²) in [4.78, 5) is 2.66. The summed E-state index contributed by atoms with van der Waals surface area (Å²) < 4.78 is 0. The van der Waals surface area contributed by atoms with Gasteiger partial charge in [-0.3, -0.25) is 4.90 Å². The highest BCUT2D eigenvalue weighted by Gasteiger charge is 2.43. The Balaban J connectivity index is 2.11. The Morgan fingerprint density at radius 2 is 1.83 bits per heavy atom. The van der Waals surface area contributed by atoms with Crippen molar-refractivity contribution in [1.29, 1.82) is 0 Å². The lowest BCUT2D eigenvalue weighted by molar-refractivity contribution is -0.00603. The fraction of sp³-hybridized carbons (Fsp3) is 1.00. The van der Waals surface area contributed by atoms with Crippen LogP contribution < -0.4 is 0 Å². The predicted molar refractivity (Wildman–Crippen MR) is 76.6 cm³/mol. The third-order valence-corrected chi connectivity index (χ3v) is 5.08. The van der Waals surface area contributed by atoms with Crippen LogP contribution in [0.5, 0.6) is 0 Å². The van der Waals surface area contributed by atoms with Crippen molar-refractivity contribution >= 4 is 0 Å². The minimum absolute atomic E-state index is 0.0719. The Morgan fingerprint density at radius 1 is 1.17 bits per heavy atom. The zero-order valence-corrected chi connectivity index (χ0v) is 12.9. The van der Waals surface area contributed by atoms with Gasteiger partial charge in [0.05, 0.1) is 6.10 Å². The molecule has 3 atom stereocenters. The van der Waals surface area contributed by atoms with E-state index < -0.39 is 0 Å². The summed E-state index contributed by atoms with van der Waals surface area (Å²) in [6.07, 6.45) is 4.40. The first kappa shape index (κ1) is 14.3. The molecule has 1 saturated heterocycles. The number of hydrogen-bond donors (Lipinski definition) is 1. The second-order valence-corrected chi connectivity index (χ2v) is 8.39. The van der Waals surface area contributed by atoms with Crippen LogP contribution in [0, 0.1) is 16.7 Å². The molecule has 1 aliphatic heterocycles. The monoisotopic (exact) mass is 253 g/mol. The SMILES string of the molecule is CC1(C)CCN(C2CC(O)CCC2C(C)(C)C)C1. The highest BCUT2D eigenvalue weighted by molar-refractivity contribution is 4.96. The summed E-state index contributed by atoms with van der Waals surface area (Å²) >= 11 is 0. The van der Waals surface area contributed by atoms with Crippen LogP contribution in [0.4, 0.5) is 0 Å². The topological polar surface area (TPSA) is 23.5 Å². The molecule has 3 unspecified atom stereocenters. The van der Waals surface area contributed by atoms with Crippen molar-refractivity contribution in [1.82, 2.24) is 4.90 Å². The van der Waals surface area contributed by atoms with Crippen molar-refractivity contribution in [3.05, 3.63) is 0 Å². The van der Waals surface area contributed by atoms with E-state index >= 15 is 0 Å². The number of nitrogens with zero attached hydrogens (tertiary/aromatic N) is 1. The molecule has 106 valence electrons. The number of aliphatic hydroxyl groups excluding tert-OH is 1. The average Bonchev–Trinajstić information content (AvgIpc) is 2.57. The van der Waals surface area contributed by atoms with Crippen molar-refractivity contribution in [2.75, 3.05) is 13.1 Å². The van der Waals surface area contributed by atoms with Gasteiger partial charge in [0.25, 0.3) is 0 Å². The first-order valence-corrected chi connectivity index (χ1v) is 7.61. The third kappa shape index (κ3) is 3.08. The van der Waals surface area contributed by atoms with Crippen molar-refractivity contribution in [2.45, 2.75) is 72.4 Å². The molecule has 0 amide bonds. The zero-order valence-electron chi connectivity index (χ0n) is 12.9. The van der Waals surface area contributed by atoms with E-state index in [1.54, 1.807) is 0 Å². The molecule has 1 N–H and O–H groups in total.